The lowest BCUT2D eigenvalue weighted by Gasteiger charge is -2.11. The smallest absolute Gasteiger partial charge is 0.176 e. The standard InChI is InChI=1S/C20H22N4O2S/c1-14-4-6-15(7-5-14)13-24-9-8-19(23-24)22-20(27)21-16-10-17(25-2)12-18(11-16)26-3/h4-12H,13H2,1-3H3,(H2,21,22,23,27). The zero-order chi connectivity index (χ0) is 19.2. The van der Waals surface area contributed by atoms with E-state index >= 15 is 0 Å². The van der Waals surface area contributed by atoms with Crippen LogP contribution in [0.25, 0.3) is 0 Å². The highest BCUT2D eigenvalue weighted by Gasteiger charge is 2.06. The van der Waals surface area contributed by atoms with Crippen LogP contribution in [0, 0.1) is 6.92 Å². The molecule has 0 spiro atoms. The Morgan fingerprint density at radius 1 is 1.00 bits per heavy atom. The van der Waals surface area contributed by atoms with Gasteiger partial charge in [0.1, 0.15) is 11.5 Å². The summed E-state index contributed by atoms with van der Waals surface area (Å²) in [6, 6.07) is 15.8. The Balaban J connectivity index is 1.61. The van der Waals surface area contributed by atoms with Gasteiger partial charge in [0.2, 0.25) is 0 Å². The molecule has 3 rings (SSSR count). The summed E-state index contributed by atoms with van der Waals surface area (Å²) in [5, 5.41) is 11.1. The van der Waals surface area contributed by atoms with E-state index in [4.69, 9.17) is 21.7 Å². The SMILES string of the molecule is COc1cc(NC(=S)Nc2ccn(Cc3ccc(C)cc3)n2)cc(OC)c1. The first-order valence-electron chi connectivity index (χ1n) is 8.46. The van der Waals surface area contributed by atoms with Crippen LogP contribution in [-0.2, 0) is 6.54 Å². The van der Waals surface area contributed by atoms with Gasteiger partial charge in [0.25, 0.3) is 0 Å². The molecular formula is C20H22N4O2S. The summed E-state index contributed by atoms with van der Waals surface area (Å²) < 4.78 is 12.4. The molecule has 6 nitrogen and oxygen atoms in total. The van der Waals surface area contributed by atoms with Crippen LogP contribution in [0.2, 0.25) is 0 Å². The fraction of sp³-hybridized carbons (Fsp3) is 0.200. The Bertz CT molecular complexity index is 900. The maximum atomic E-state index is 5.38. The minimum atomic E-state index is 0.436. The maximum Gasteiger partial charge on any atom is 0.176 e. The molecule has 7 heteroatoms. The molecule has 0 atom stereocenters. The molecule has 140 valence electrons. The largest absolute Gasteiger partial charge is 0.497 e. The molecule has 0 aliphatic rings. The minimum absolute atomic E-state index is 0.436. The fourth-order valence-corrected chi connectivity index (χ4v) is 2.78. The van der Waals surface area contributed by atoms with E-state index in [9.17, 15) is 0 Å². The van der Waals surface area contributed by atoms with Crippen LogP contribution in [0.1, 0.15) is 11.1 Å². The highest BCUT2D eigenvalue weighted by Crippen LogP contribution is 2.25. The lowest BCUT2D eigenvalue weighted by atomic mass is 10.1. The second-order valence-electron chi connectivity index (χ2n) is 6.06. The lowest BCUT2D eigenvalue weighted by Crippen LogP contribution is -2.19. The molecule has 3 aromatic rings. The first-order valence-corrected chi connectivity index (χ1v) is 8.86. The molecule has 0 bridgehead atoms. The van der Waals surface area contributed by atoms with Crippen molar-refractivity contribution in [2.75, 3.05) is 24.9 Å². The summed E-state index contributed by atoms with van der Waals surface area (Å²) in [6.45, 7) is 2.78. The van der Waals surface area contributed by atoms with Crippen LogP contribution >= 0.6 is 12.2 Å². The van der Waals surface area contributed by atoms with Gasteiger partial charge >= 0.3 is 0 Å². The van der Waals surface area contributed by atoms with Crippen molar-refractivity contribution in [1.82, 2.24) is 9.78 Å². The highest BCUT2D eigenvalue weighted by atomic mass is 32.1. The van der Waals surface area contributed by atoms with Crippen molar-refractivity contribution in [2.45, 2.75) is 13.5 Å². The van der Waals surface area contributed by atoms with Crippen molar-refractivity contribution < 1.29 is 9.47 Å². The van der Waals surface area contributed by atoms with Crippen LogP contribution < -0.4 is 20.1 Å². The first-order chi connectivity index (χ1) is 13.1. The zero-order valence-corrected chi connectivity index (χ0v) is 16.3. The number of nitrogens with zero attached hydrogens (tertiary/aromatic N) is 2. The minimum Gasteiger partial charge on any atom is -0.497 e. The average Bonchev–Trinajstić information content (AvgIpc) is 3.09. The number of anilines is 2. The molecule has 0 unspecified atom stereocenters. The Kier molecular flexibility index (Phi) is 5.93. The third kappa shape index (κ3) is 5.21. The molecule has 27 heavy (non-hydrogen) atoms. The van der Waals surface area contributed by atoms with Crippen LogP contribution in [0.15, 0.2) is 54.7 Å². The van der Waals surface area contributed by atoms with E-state index in [2.05, 4.69) is 46.9 Å². The van der Waals surface area contributed by atoms with E-state index in [1.54, 1.807) is 20.3 Å². The van der Waals surface area contributed by atoms with Gasteiger partial charge in [-0.1, -0.05) is 29.8 Å². The quantitative estimate of drug-likeness (QED) is 0.627. The van der Waals surface area contributed by atoms with E-state index in [1.807, 2.05) is 29.1 Å². The molecule has 0 aliphatic heterocycles. The van der Waals surface area contributed by atoms with Crippen molar-refractivity contribution >= 4 is 28.8 Å². The number of ether oxygens (including phenoxy) is 2. The maximum absolute atomic E-state index is 5.38. The van der Waals surface area contributed by atoms with Gasteiger partial charge in [-0.25, -0.2) is 0 Å². The highest BCUT2D eigenvalue weighted by molar-refractivity contribution is 7.80. The van der Waals surface area contributed by atoms with Gasteiger partial charge in [0.15, 0.2) is 10.9 Å². The summed E-state index contributed by atoms with van der Waals surface area (Å²) in [5.74, 6) is 2.04. The molecular weight excluding hydrogens is 360 g/mol. The van der Waals surface area contributed by atoms with E-state index in [0.29, 0.717) is 29.0 Å². The summed E-state index contributed by atoms with van der Waals surface area (Å²) in [5.41, 5.74) is 3.20. The predicted octanol–water partition coefficient (Wildman–Crippen LogP) is 4.07. The van der Waals surface area contributed by atoms with Gasteiger partial charge in [0, 0.05) is 36.1 Å². The molecule has 0 saturated carbocycles. The van der Waals surface area contributed by atoms with Crippen molar-refractivity contribution in [3.8, 4) is 11.5 Å². The van der Waals surface area contributed by atoms with Crippen molar-refractivity contribution in [1.29, 1.82) is 0 Å². The van der Waals surface area contributed by atoms with E-state index in [0.717, 1.165) is 5.69 Å². The Morgan fingerprint density at radius 2 is 1.67 bits per heavy atom. The summed E-state index contributed by atoms with van der Waals surface area (Å²) >= 11 is 5.38. The number of aromatic nitrogens is 2. The van der Waals surface area contributed by atoms with E-state index in [-0.39, 0.29) is 0 Å². The number of methoxy groups -OCH3 is 2. The van der Waals surface area contributed by atoms with Gasteiger partial charge in [-0.2, -0.15) is 5.10 Å². The molecule has 0 amide bonds. The fourth-order valence-electron chi connectivity index (χ4n) is 2.56. The zero-order valence-electron chi connectivity index (χ0n) is 15.5. The third-order valence-corrected chi connectivity index (χ3v) is 4.16. The molecule has 0 aliphatic carbocycles. The van der Waals surface area contributed by atoms with Gasteiger partial charge in [0.05, 0.1) is 20.8 Å². The number of aryl methyl sites for hydroxylation is 1. The van der Waals surface area contributed by atoms with Crippen LogP contribution in [0.4, 0.5) is 11.5 Å². The van der Waals surface area contributed by atoms with Gasteiger partial charge in [-0.3, -0.25) is 4.68 Å². The second-order valence-corrected chi connectivity index (χ2v) is 6.47. The normalized spacial score (nSPS) is 10.3. The monoisotopic (exact) mass is 382 g/mol. The number of hydrogen-bond donors (Lipinski definition) is 2. The Hall–Kier alpha value is -3.06. The Morgan fingerprint density at radius 3 is 2.30 bits per heavy atom. The topological polar surface area (TPSA) is 60.3 Å². The number of nitrogens with one attached hydrogen (secondary N) is 2. The van der Waals surface area contributed by atoms with E-state index in [1.165, 1.54) is 11.1 Å². The number of thiocarbonyl (C=S) groups is 1. The van der Waals surface area contributed by atoms with Crippen molar-refractivity contribution in [3.63, 3.8) is 0 Å². The van der Waals surface area contributed by atoms with Gasteiger partial charge in [-0.15, -0.1) is 0 Å². The molecule has 1 aromatic heterocycles. The molecule has 2 N–H and O–H groups in total. The van der Waals surface area contributed by atoms with Crippen LogP contribution in [0.5, 0.6) is 11.5 Å². The van der Waals surface area contributed by atoms with Crippen molar-refractivity contribution in [2.24, 2.45) is 0 Å². The molecule has 0 saturated heterocycles. The van der Waals surface area contributed by atoms with Gasteiger partial charge < -0.3 is 20.1 Å². The van der Waals surface area contributed by atoms with Gasteiger partial charge in [-0.05, 0) is 24.7 Å². The van der Waals surface area contributed by atoms with Crippen LogP contribution in [0.3, 0.4) is 0 Å². The number of rotatable bonds is 6. The molecule has 2 aromatic carbocycles. The summed E-state index contributed by atoms with van der Waals surface area (Å²) in [7, 11) is 3.21. The first kappa shape index (κ1) is 18.7. The number of hydrogen-bond acceptors (Lipinski definition) is 4. The van der Waals surface area contributed by atoms with E-state index < -0.39 is 0 Å². The second kappa shape index (κ2) is 8.55. The lowest BCUT2D eigenvalue weighted by molar-refractivity contribution is 0.395. The van der Waals surface area contributed by atoms with Crippen LogP contribution in [-0.4, -0.2) is 29.1 Å². The predicted molar refractivity (Wildman–Crippen MR) is 112 cm³/mol. The molecule has 1 heterocycles. The third-order valence-electron chi connectivity index (χ3n) is 3.96. The number of benzene rings is 2. The van der Waals surface area contributed by atoms with Crippen molar-refractivity contribution in [3.05, 3.63) is 65.9 Å². The molecule has 0 radical (unpaired) electrons. The molecule has 0 fully saturated rings. The summed E-state index contributed by atoms with van der Waals surface area (Å²) in [6.07, 6.45) is 1.92. The summed E-state index contributed by atoms with van der Waals surface area (Å²) in [4.78, 5) is 0. The average molecular weight is 382 g/mol. The Labute approximate surface area is 164 Å².